The molecule has 0 aliphatic carbocycles. The van der Waals surface area contributed by atoms with E-state index in [1.54, 1.807) is 18.2 Å². The monoisotopic (exact) mass is 298 g/mol. The summed E-state index contributed by atoms with van der Waals surface area (Å²) in [6, 6.07) is 10.9. The van der Waals surface area contributed by atoms with Gasteiger partial charge in [0.05, 0.1) is 7.11 Å². The molecule has 5 nitrogen and oxygen atoms in total. The van der Waals surface area contributed by atoms with E-state index < -0.39 is 5.97 Å². The van der Waals surface area contributed by atoms with Crippen LogP contribution in [0.5, 0.6) is 17.2 Å². The summed E-state index contributed by atoms with van der Waals surface area (Å²) in [6.45, 7) is 0. The van der Waals surface area contributed by atoms with E-state index in [0.717, 1.165) is 5.56 Å². The van der Waals surface area contributed by atoms with Crippen molar-refractivity contribution in [2.45, 2.75) is 0 Å². The lowest BCUT2D eigenvalue weighted by Gasteiger charge is -2.08. The van der Waals surface area contributed by atoms with Crippen molar-refractivity contribution in [2.75, 3.05) is 7.11 Å². The van der Waals surface area contributed by atoms with Gasteiger partial charge in [0.25, 0.3) is 0 Å². The first-order chi connectivity index (χ1) is 10.6. The lowest BCUT2D eigenvalue weighted by molar-refractivity contribution is -0.129. The molecule has 0 atom stereocenters. The van der Waals surface area contributed by atoms with Crippen LogP contribution in [-0.2, 0) is 4.79 Å². The number of phenolic OH excluding ortho intramolecular Hbond substituents is 1. The SMILES string of the molecule is COc1cc(C=O)ccc1OC(=O)/C=C/c1ccc(O)cc1. The lowest BCUT2D eigenvalue weighted by atomic mass is 10.2. The number of methoxy groups -OCH3 is 1. The minimum Gasteiger partial charge on any atom is -0.508 e. The number of hydrogen-bond acceptors (Lipinski definition) is 5. The largest absolute Gasteiger partial charge is 0.508 e. The zero-order chi connectivity index (χ0) is 15.9. The third kappa shape index (κ3) is 3.96. The summed E-state index contributed by atoms with van der Waals surface area (Å²) in [6.07, 6.45) is 3.51. The Bertz CT molecular complexity index is 701. The van der Waals surface area contributed by atoms with Crippen molar-refractivity contribution in [3.05, 3.63) is 59.7 Å². The highest BCUT2D eigenvalue weighted by Gasteiger charge is 2.08. The Morgan fingerprint density at radius 2 is 1.73 bits per heavy atom. The zero-order valence-electron chi connectivity index (χ0n) is 11.9. The van der Waals surface area contributed by atoms with Crippen molar-refractivity contribution >= 4 is 18.3 Å². The second kappa shape index (κ2) is 7.08. The maximum Gasteiger partial charge on any atom is 0.336 e. The van der Waals surface area contributed by atoms with E-state index in [-0.39, 0.29) is 11.5 Å². The predicted molar refractivity (Wildman–Crippen MR) is 81.2 cm³/mol. The number of phenols is 1. The van der Waals surface area contributed by atoms with Crippen LogP contribution in [0.2, 0.25) is 0 Å². The fourth-order valence-electron chi connectivity index (χ4n) is 1.73. The van der Waals surface area contributed by atoms with E-state index in [4.69, 9.17) is 9.47 Å². The number of aldehydes is 1. The molecule has 112 valence electrons. The molecule has 2 rings (SSSR count). The van der Waals surface area contributed by atoms with Crippen LogP contribution in [0.3, 0.4) is 0 Å². The molecule has 1 N–H and O–H groups in total. The number of ether oxygens (including phenoxy) is 2. The van der Waals surface area contributed by atoms with E-state index in [0.29, 0.717) is 17.6 Å². The van der Waals surface area contributed by atoms with Crippen LogP contribution in [0.15, 0.2) is 48.5 Å². The summed E-state index contributed by atoms with van der Waals surface area (Å²) >= 11 is 0. The Morgan fingerprint density at radius 3 is 2.36 bits per heavy atom. The fraction of sp³-hybridized carbons (Fsp3) is 0.0588. The molecule has 0 aromatic heterocycles. The fourth-order valence-corrected chi connectivity index (χ4v) is 1.73. The van der Waals surface area contributed by atoms with Crippen molar-refractivity contribution < 1.29 is 24.2 Å². The summed E-state index contributed by atoms with van der Waals surface area (Å²) in [7, 11) is 1.42. The van der Waals surface area contributed by atoms with Gasteiger partial charge in [0, 0.05) is 11.6 Å². The average Bonchev–Trinajstić information content (AvgIpc) is 2.54. The minimum absolute atomic E-state index is 0.153. The topological polar surface area (TPSA) is 72.8 Å². The summed E-state index contributed by atoms with van der Waals surface area (Å²) in [4.78, 5) is 22.5. The summed E-state index contributed by atoms with van der Waals surface area (Å²) in [5.74, 6) is 0.106. The smallest absolute Gasteiger partial charge is 0.336 e. The second-order valence-electron chi connectivity index (χ2n) is 4.37. The van der Waals surface area contributed by atoms with E-state index >= 15 is 0 Å². The molecular weight excluding hydrogens is 284 g/mol. The van der Waals surface area contributed by atoms with Gasteiger partial charge in [-0.05, 0) is 42.0 Å². The van der Waals surface area contributed by atoms with Crippen LogP contribution >= 0.6 is 0 Å². The van der Waals surface area contributed by atoms with Gasteiger partial charge in [-0.1, -0.05) is 12.1 Å². The van der Waals surface area contributed by atoms with Crippen LogP contribution in [-0.4, -0.2) is 24.5 Å². The Kier molecular flexibility index (Phi) is 4.93. The zero-order valence-corrected chi connectivity index (χ0v) is 11.9. The molecule has 0 spiro atoms. The number of benzene rings is 2. The van der Waals surface area contributed by atoms with Gasteiger partial charge >= 0.3 is 5.97 Å². The standard InChI is InChI=1S/C17H14O5/c1-21-16-10-13(11-18)4-8-15(16)22-17(20)9-5-12-2-6-14(19)7-3-12/h2-11,19H,1H3/b9-5+. The van der Waals surface area contributed by atoms with Gasteiger partial charge in [-0.15, -0.1) is 0 Å². The second-order valence-corrected chi connectivity index (χ2v) is 4.37. The summed E-state index contributed by atoms with van der Waals surface area (Å²) in [5, 5.41) is 9.17. The molecular formula is C17H14O5. The number of rotatable bonds is 5. The van der Waals surface area contributed by atoms with Crippen molar-refractivity contribution in [2.24, 2.45) is 0 Å². The Labute approximate surface area is 127 Å². The van der Waals surface area contributed by atoms with Gasteiger partial charge < -0.3 is 14.6 Å². The van der Waals surface area contributed by atoms with Crippen molar-refractivity contribution in [3.63, 3.8) is 0 Å². The van der Waals surface area contributed by atoms with Gasteiger partial charge in [-0.2, -0.15) is 0 Å². The van der Waals surface area contributed by atoms with Gasteiger partial charge in [0.2, 0.25) is 0 Å². The molecule has 5 heteroatoms. The number of carbonyl (C=O) groups excluding carboxylic acids is 2. The third-order valence-electron chi connectivity index (χ3n) is 2.84. The van der Waals surface area contributed by atoms with E-state index in [1.165, 1.54) is 43.5 Å². The number of carbonyl (C=O) groups is 2. The maximum atomic E-state index is 11.8. The molecule has 0 amide bonds. The molecule has 2 aromatic carbocycles. The molecule has 0 saturated heterocycles. The molecule has 0 aliphatic rings. The molecule has 0 heterocycles. The van der Waals surface area contributed by atoms with E-state index in [2.05, 4.69) is 0 Å². The maximum absolute atomic E-state index is 11.8. The van der Waals surface area contributed by atoms with E-state index in [9.17, 15) is 14.7 Å². The molecule has 0 bridgehead atoms. The molecule has 0 unspecified atom stereocenters. The summed E-state index contributed by atoms with van der Waals surface area (Å²) < 4.78 is 10.2. The Hall–Kier alpha value is -3.08. The van der Waals surface area contributed by atoms with Gasteiger partial charge in [-0.3, -0.25) is 4.79 Å². The van der Waals surface area contributed by atoms with Crippen LogP contribution in [0, 0.1) is 0 Å². The van der Waals surface area contributed by atoms with Crippen LogP contribution in [0.25, 0.3) is 6.08 Å². The van der Waals surface area contributed by atoms with Crippen LogP contribution in [0.4, 0.5) is 0 Å². The molecule has 0 aliphatic heterocycles. The average molecular weight is 298 g/mol. The Morgan fingerprint density at radius 1 is 1.05 bits per heavy atom. The highest BCUT2D eigenvalue weighted by molar-refractivity contribution is 5.89. The van der Waals surface area contributed by atoms with E-state index in [1.807, 2.05) is 0 Å². The van der Waals surface area contributed by atoms with Crippen LogP contribution < -0.4 is 9.47 Å². The third-order valence-corrected chi connectivity index (χ3v) is 2.84. The quantitative estimate of drug-likeness (QED) is 0.398. The minimum atomic E-state index is -0.578. The normalized spacial score (nSPS) is 10.4. The van der Waals surface area contributed by atoms with Crippen molar-refractivity contribution in [1.29, 1.82) is 0 Å². The molecule has 0 fully saturated rings. The first-order valence-electron chi connectivity index (χ1n) is 6.44. The highest BCUT2D eigenvalue weighted by atomic mass is 16.6. The van der Waals surface area contributed by atoms with Gasteiger partial charge in [0.15, 0.2) is 11.5 Å². The molecule has 0 radical (unpaired) electrons. The highest BCUT2D eigenvalue weighted by Crippen LogP contribution is 2.27. The van der Waals surface area contributed by atoms with Crippen molar-refractivity contribution in [3.8, 4) is 17.2 Å². The number of aromatic hydroxyl groups is 1. The molecule has 0 saturated carbocycles. The van der Waals surface area contributed by atoms with Crippen molar-refractivity contribution in [1.82, 2.24) is 0 Å². The van der Waals surface area contributed by atoms with Gasteiger partial charge in [0.1, 0.15) is 12.0 Å². The number of esters is 1. The molecule has 22 heavy (non-hydrogen) atoms. The molecule has 2 aromatic rings. The van der Waals surface area contributed by atoms with Gasteiger partial charge in [-0.25, -0.2) is 4.79 Å². The lowest BCUT2D eigenvalue weighted by Crippen LogP contribution is -2.05. The first kappa shape index (κ1) is 15.3. The first-order valence-corrected chi connectivity index (χ1v) is 6.44. The predicted octanol–water partition coefficient (Wildman–Crippen LogP) is 2.83. The van der Waals surface area contributed by atoms with Crippen LogP contribution in [0.1, 0.15) is 15.9 Å². The Balaban J connectivity index is 2.08. The summed E-state index contributed by atoms with van der Waals surface area (Å²) in [5.41, 5.74) is 1.18. The number of hydrogen-bond donors (Lipinski definition) is 1.